The molecular weight excluding hydrogens is 290 g/mol. The number of imidazole rings is 1. The fraction of sp³-hybridized carbons (Fsp3) is 0. The smallest absolute Gasteiger partial charge is 0.196 e. The predicted octanol–water partition coefficient (Wildman–Crippen LogP) is 4.74. The van der Waals surface area contributed by atoms with Crippen molar-refractivity contribution in [2.75, 3.05) is 5.43 Å². The molecule has 0 spiro atoms. The van der Waals surface area contributed by atoms with Crippen LogP contribution in [0.5, 0.6) is 0 Å². The molecule has 2 aromatic carbocycles. The predicted molar refractivity (Wildman–Crippen MR) is 85.5 cm³/mol. The third kappa shape index (κ3) is 2.61. The Hall–Kier alpha value is -2.04. The number of hydrogen-bond acceptors (Lipinski definition) is 2. The first-order valence-electron chi connectivity index (χ1n) is 6.12. The number of anilines is 1. The SMILES string of the molecule is S=c1[nH]cc(-c2ccc(Cl)cc2)n1Nc1ccccc1. The number of H-pyrrole nitrogens is 1. The average Bonchev–Trinajstić information content (AvgIpc) is 2.83. The van der Waals surface area contributed by atoms with E-state index in [1.54, 1.807) is 0 Å². The number of nitrogens with zero attached hydrogens (tertiary/aromatic N) is 1. The van der Waals surface area contributed by atoms with E-state index in [1.807, 2.05) is 65.5 Å². The maximum Gasteiger partial charge on any atom is 0.196 e. The van der Waals surface area contributed by atoms with Crippen molar-refractivity contribution in [3.8, 4) is 11.3 Å². The monoisotopic (exact) mass is 301 g/mol. The molecule has 0 saturated heterocycles. The first-order chi connectivity index (χ1) is 9.74. The standard InChI is InChI=1S/C15H12ClN3S/c16-12-8-6-11(7-9-12)14-10-17-15(20)19(14)18-13-4-2-1-3-5-13/h1-10,18H,(H,17,20). The van der Waals surface area contributed by atoms with Crippen LogP contribution in [0.15, 0.2) is 60.8 Å². The first-order valence-corrected chi connectivity index (χ1v) is 6.91. The Morgan fingerprint density at radius 3 is 2.40 bits per heavy atom. The fourth-order valence-electron chi connectivity index (χ4n) is 1.95. The molecule has 0 amide bonds. The zero-order valence-corrected chi connectivity index (χ0v) is 12.1. The molecule has 0 aliphatic carbocycles. The van der Waals surface area contributed by atoms with Crippen LogP contribution in [0.3, 0.4) is 0 Å². The zero-order chi connectivity index (χ0) is 13.9. The number of para-hydroxylation sites is 1. The first kappa shape index (κ1) is 13.0. The van der Waals surface area contributed by atoms with E-state index < -0.39 is 0 Å². The maximum absolute atomic E-state index is 5.92. The minimum Gasteiger partial charge on any atom is -0.335 e. The molecule has 0 unspecified atom stereocenters. The number of halogens is 1. The number of rotatable bonds is 3. The van der Waals surface area contributed by atoms with Gasteiger partial charge in [0.15, 0.2) is 4.77 Å². The summed E-state index contributed by atoms with van der Waals surface area (Å²) in [7, 11) is 0. The third-order valence-electron chi connectivity index (χ3n) is 2.93. The van der Waals surface area contributed by atoms with E-state index in [2.05, 4.69) is 10.4 Å². The Morgan fingerprint density at radius 2 is 1.70 bits per heavy atom. The summed E-state index contributed by atoms with van der Waals surface area (Å²) in [5, 5.41) is 0.713. The summed E-state index contributed by atoms with van der Waals surface area (Å²) < 4.78 is 2.45. The lowest BCUT2D eigenvalue weighted by atomic mass is 10.2. The molecule has 1 aromatic heterocycles. The molecule has 3 rings (SSSR count). The zero-order valence-electron chi connectivity index (χ0n) is 10.5. The van der Waals surface area contributed by atoms with Gasteiger partial charge in [0.25, 0.3) is 0 Å². The van der Waals surface area contributed by atoms with Gasteiger partial charge in [-0.2, -0.15) is 0 Å². The van der Waals surface area contributed by atoms with Crippen molar-refractivity contribution in [3.05, 3.63) is 70.6 Å². The van der Waals surface area contributed by atoms with Crippen molar-refractivity contribution >= 4 is 29.5 Å². The molecule has 100 valence electrons. The van der Waals surface area contributed by atoms with Crippen LogP contribution in [-0.4, -0.2) is 9.66 Å². The molecule has 0 aliphatic rings. The highest BCUT2D eigenvalue weighted by atomic mass is 35.5. The van der Waals surface area contributed by atoms with Crippen LogP contribution in [0.4, 0.5) is 5.69 Å². The molecule has 0 atom stereocenters. The van der Waals surface area contributed by atoms with E-state index in [1.165, 1.54) is 0 Å². The van der Waals surface area contributed by atoms with Crippen LogP contribution in [-0.2, 0) is 0 Å². The van der Waals surface area contributed by atoms with E-state index >= 15 is 0 Å². The molecule has 0 bridgehead atoms. The van der Waals surface area contributed by atoms with Gasteiger partial charge in [-0.1, -0.05) is 41.9 Å². The van der Waals surface area contributed by atoms with Crippen molar-refractivity contribution in [2.45, 2.75) is 0 Å². The van der Waals surface area contributed by atoms with Crippen LogP contribution < -0.4 is 5.43 Å². The van der Waals surface area contributed by atoms with Crippen LogP contribution in [0.2, 0.25) is 5.02 Å². The Kier molecular flexibility index (Phi) is 3.58. The second kappa shape index (κ2) is 5.53. The molecule has 3 aromatic rings. The van der Waals surface area contributed by atoms with Crippen LogP contribution in [0.1, 0.15) is 0 Å². The highest BCUT2D eigenvalue weighted by Crippen LogP contribution is 2.22. The van der Waals surface area contributed by atoms with Crippen LogP contribution in [0, 0.1) is 4.77 Å². The molecular formula is C15H12ClN3S. The highest BCUT2D eigenvalue weighted by Gasteiger charge is 2.06. The number of hydrogen-bond donors (Lipinski definition) is 2. The molecule has 5 heteroatoms. The number of aromatic amines is 1. The van der Waals surface area contributed by atoms with Gasteiger partial charge in [0.1, 0.15) is 0 Å². The largest absolute Gasteiger partial charge is 0.335 e. The molecule has 0 fully saturated rings. The number of nitrogens with one attached hydrogen (secondary N) is 2. The second-order valence-electron chi connectivity index (χ2n) is 4.30. The van der Waals surface area contributed by atoms with Crippen molar-refractivity contribution in [1.29, 1.82) is 0 Å². The Balaban J connectivity index is 2.01. The summed E-state index contributed by atoms with van der Waals surface area (Å²) in [6.07, 6.45) is 1.88. The summed E-state index contributed by atoms with van der Waals surface area (Å²) in [6, 6.07) is 17.5. The molecule has 0 aliphatic heterocycles. The van der Waals surface area contributed by atoms with E-state index in [9.17, 15) is 0 Å². The van der Waals surface area contributed by atoms with E-state index in [4.69, 9.17) is 23.8 Å². The summed E-state index contributed by atoms with van der Waals surface area (Å²) in [5.74, 6) is 0. The number of benzene rings is 2. The molecule has 2 N–H and O–H groups in total. The van der Waals surface area contributed by atoms with Gasteiger partial charge >= 0.3 is 0 Å². The van der Waals surface area contributed by atoms with Crippen molar-refractivity contribution in [2.24, 2.45) is 0 Å². The maximum atomic E-state index is 5.92. The fourth-order valence-corrected chi connectivity index (χ4v) is 2.28. The average molecular weight is 302 g/mol. The van der Waals surface area contributed by atoms with Crippen molar-refractivity contribution in [1.82, 2.24) is 9.66 Å². The van der Waals surface area contributed by atoms with Crippen molar-refractivity contribution in [3.63, 3.8) is 0 Å². The summed E-state index contributed by atoms with van der Waals surface area (Å²) in [5.41, 5.74) is 6.24. The Bertz CT molecular complexity index is 760. The van der Waals surface area contributed by atoms with E-state index in [0.717, 1.165) is 16.9 Å². The molecule has 20 heavy (non-hydrogen) atoms. The Morgan fingerprint density at radius 1 is 1.00 bits per heavy atom. The van der Waals surface area contributed by atoms with Crippen LogP contribution in [0.25, 0.3) is 11.3 Å². The minimum absolute atomic E-state index is 0.610. The lowest BCUT2D eigenvalue weighted by Gasteiger charge is -2.11. The van der Waals surface area contributed by atoms with Gasteiger partial charge in [-0.05, 0) is 36.5 Å². The van der Waals surface area contributed by atoms with Gasteiger partial charge in [0.2, 0.25) is 0 Å². The van der Waals surface area contributed by atoms with Gasteiger partial charge in [0.05, 0.1) is 11.4 Å². The van der Waals surface area contributed by atoms with Crippen LogP contribution >= 0.6 is 23.8 Å². The van der Waals surface area contributed by atoms with E-state index in [0.29, 0.717) is 9.79 Å². The van der Waals surface area contributed by atoms with Gasteiger partial charge < -0.3 is 4.98 Å². The third-order valence-corrected chi connectivity index (χ3v) is 3.48. The normalized spacial score (nSPS) is 10.4. The summed E-state index contributed by atoms with van der Waals surface area (Å²) in [4.78, 5) is 3.05. The molecule has 3 nitrogen and oxygen atoms in total. The highest BCUT2D eigenvalue weighted by molar-refractivity contribution is 7.71. The molecule has 0 radical (unpaired) electrons. The van der Waals surface area contributed by atoms with Gasteiger partial charge in [0, 0.05) is 16.8 Å². The number of aromatic nitrogens is 2. The Labute approximate surface area is 126 Å². The minimum atomic E-state index is 0.610. The van der Waals surface area contributed by atoms with Crippen molar-refractivity contribution < 1.29 is 0 Å². The molecule has 1 heterocycles. The lowest BCUT2D eigenvalue weighted by Crippen LogP contribution is -2.10. The van der Waals surface area contributed by atoms with Gasteiger partial charge in [-0.15, -0.1) is 0 Å². The van der Waals surface area contributed by atoms with E-state index in [-0.39, 0.29) is 0 Å². The summed E-state index contributed by atoms with van der Waals surface area (Å²) in [6.45, 7) is 0. The summed E-state index contributed by atoms with van der Waals surface area (Å²) >= 11 is 11.2. The second-order valence-corrected chi connectivity index (χ2v) is 5.12. The quantitative estimate of drug-likeness (QED) is 0.685. The van der Waals surface area contributed by atoms with Gasteiger partial charge in [-0.3, -0.25) is 5.43 Å². The topological polar surface area (TPSA) is 32.8 Å². The lowest BCUT2D eigenvalue weighted by molar-refractivity contribution is 0.942. The molecule has 0 saturated carbocycles. The van der Waals surface area contributed by atoms with Gasteiger partial charge in [-0.25, -0.2) is 4.68 Å².